The van der Waals surface area contributed by atoms with E-state index >= 15 is 0 Å². The number of aliphatic hydroxyl groups excluding tert-OH is 1. The number of fused-ring (bicyclic) bond motifs is 1. The number of carbonyl (C=O) groups excluding carboxylic acids is 1. The van der Waals surface area contributed by atoms with E-state index in [1.807, 2.05) is 0 Å². The molecular formula is C21H17ClF4N2O3. The predicted octanol–water partition coefficient (Wildman–Crippen LogP) is 4.30. The molecule has 0 saturated heterocycles. The minimum absolute atomic E-state index is 0.00690. The third kappa shape index (κ3) is 4.57. The van der Waals surface area contributed by atoms with E-state index in [4.69, 9.17) is 11.6 Å². The molecule has 1 heterocycles. The molecule has 0 fully saturated rings. The summed E-state index contributed by atoms with van der Waals surface area (Å²) in [5.41, 5.74) is -1.69. The van der Waals surface area contributed by atoms with Gasteiger partial charge >= 0.3 is 6.18 Å². The second-order valence-corrected chi connectivity index (χ2v) is 7.35. The molecule has 0 aliphatic carbocycles. The zero-order valence-electron chi connectivity index (χ0n) is 16.1. The summed E-state index contributed by atoms with van der Waals surface area (Å²) in [4.78, 5) is 25.4. The molecule has 1 unspecified atom stereocenters. The lowest BCUT2D eigenvalue weighted by molar-refractivity contribution is -0.140. The Hall–Kier alpha value is -2.91. The summed E-state index contributed by atoms with van der Waals surface area (Å²) in [6.07, 6.45) is -3.38. The number of carbonyl (C=O) groups is 1. The number of alkyl halides is 3. The Morgan fingerprint density at radius 2 is 1.90 bits per heavy atom. The highest BCUT2D eigenvalue weighted by Gasteiger charge is 2.33. The molecule has 1 aromatic heterocycles. The third-order valence-corrected chi connectivity index (χ3v) is 5.13. The molecule has 5 nitrogen and oxygen atoms in total. The van der Waals surface area contributed by atoms with Crippen LogP contribution in [0.5, 0.6) is 0 Å². The minimum atomic E-state index is -4.82. The number of halogens is 5. The SMILES string of the molecule is CC(CO)n1ccc2c(C(=O)NCc3ccc(C(F)(F)F)c(F)c3)c(Cl)ccc2c1=O. The van der Waals surface area contributed by atoms with E-state index in [0.29, 0.717) is 12.1 Å². The molecule has 31 heavy (non-hydrogen) atoms. The van der Waals surface area contributed by atoms with Crippen molar-refractivity contribution in [3.63, 3.8) is 0 Å². The van der Waals surface area contributed by atoms with Gasteiger partial charge in [0.1, 0.15) is 5.82 Å². The fraction of sp³-hybridized carbons (Fsp3) is 0.238. The van der Waals surface area contributed by atoms with Crippen LogP contribution in [0.25, 0.3) is 10.8 Å². The number of rotatable bonds is 5. The molecule has 1 amide bonds. The van der Waals surface area contributed by atoms with Gasteiger partial charge in [-0.1, -0.05) is 17.7 Å². The van der Waals surface area contributed by atoms with Crippen LogP contribution in [0.4, 0.5) is 17.6 Å². The van der Waals surface area contributed by atoms with Gasteiger partial charge in [-0.25, -0.2) is 4.39 Å². The molecule has 2 N–H and O–H groups in total. The topological polar surface area (TPSA) is 71.3 Å². The van der Waals surface area contributed by atoms with E-state index in [9.17, 15) is 32.3 Å². The Morgan fingerprint density at radius 3 is 2.52 bits per heavy atom. The Balaban J connectivity index is 1.91. The summed E-state index contributed by atoms with van der Waals surface area (Å²) in [7, 11) is 0. The Morgan fingerprint density at radius 1 is 1.19 bits per heavy atom. The molecule has 0 radical (unpaired) electrons. The molecular weight excluding hydrogens is 440 g/mol. The Bertz CT molecular complexity index is 1210. The second-order valence-electron chi connectivity index (χ2n) is 6.94. The highest BCUT2D eigenvalue weighted by atomic mass is 35.5. The van der Waals surface area contributed by atoms with Crippen LogP contribution in [0.15, 0.2) is 47.4 Å². The van der Waals surface area contributed by atoms with Crippen LogP contribution in [0.3, 0.4) is 0 Å². The predicted molar refractivity (Wildman–Crippen MR) is 108 cm³/mol. The van der Waals surface area contributed by atoms with Crippen LogP contribution in [-0.4, -0.2) is 22.2 Å². The van der Waals surface area contributed by atoms with E-state index in [0.717, 1.165) is 6.07 Å². The first-order chi connectivity index (χ1) is 14.5. The quantitative estimate of drug-likeness (QED) is 0.562. The molecule has 1 atom stereocenters. The number of amides is 1. The normalized spacial score (nSPS) is 12.7. The Labute approximate surface area is 178 Å². The number of benzene rings is 2. The highest BCUT2D eigenvalue weighted by Crippen LogP contribution is 2.31. The van der Waals surface area contributed by atoms with Crippen molar-refractivity contribution < 1.29 is 27.5 Å². The average Bonchev–Trinajstić information content (AvgIpc) is 2.70. The lowest BCUT2D eigenvalue weighted by atomic mass is 10.0. The zero-order valence-corrected chi connectivity index (χ0v) is 16.9. The van der Waals surface area contributed by atoms with Crippen molar-refractivity contribution >= 4 is 28.3 Å². The number of aliphatic hydroxyl groups is 1. The van der Waals surface area contributed by atoms with Crippen LogP contribution in [0, 0.1) is 5.82 Å². The number of aromatic nitrogens is 1. The van der Waals surface area contributed by atoms with E-state index in [1.54, 1.807) is 6.92 Å². The molecule has 0 aliphatic heterocycles. The standard InChI is InChI=1S/C21H17ClF4N2O3/c1-11(10-29)28-7-6-13-14(20(28)31)3-5-16(22)18(13)19(30)27-9-12-2-4-15(17(23)8-12)21(24,25)26/h2-8,11,29H,9-10H2,1H3,(H,27,30). The van der Waals surface area contributed by atoms with Crippen molar-refractivity contribution in [2.75, 3.05) is 6.61 Å². The zero-order chi connectivity index (χ0) is 22.9. The number of pyridine rings is 1. The van der Waals surface area contributed by atoms with Crippen molar-refractivity contribution in [2.45, 2.75) is 25.7 Å². The van der Waals surface area contributed by atoms with E-state index in [1.165, 1.54) is 29.0 Å². The maximum Gasteiger partial charge on any atom is 0.419 e. The molecule has 2 aromatic carbocycles. The maximum absolute atomic E-state index is 13.7. The summed E-state index contributed by atoms with van der Waals surface area (Å²) in [6, 6.07) is 6.25. The lowest BCUT2D eigenvalue weighted by Crippen LogP contribution is -2.27. The van der Waals surface area contributed by atoms with Crippen molar-refractivity contribution in [3.05, 3.63) is 80.5 Å². The summed E-state index contributed by atoms with van der Waals surface area (Å²) >= 11 is 6.16. The molecule has 3 aromatic rings. The maximum atomic E-state index is 13.7. The summed E-state index contributed by atoms with van der Waals surface area (Å²) in [5, 5.41) is 12.3. The molecule has 0 spiro atoms. The summed E-state index contributed by atoms with van der Waals surface area (Å²) in [5.74, 6) is -2.12. The largest absolute Gasteiger partial charge is 0.419 e. The van der Waals surface area contributed by atoms with E-state index in [2.05, 4.69) is 5.32 Å². The molecule has 10 heteroatoms. The highest BCUT2D eigenvalue weighted by molar-refractivity contribution is 6.35. The van der Waals surface area contributed by atoms with Gasteiger partial charge in [-0.15, -0.1) is 0 Å². The van der Waals surface area contributed by atoms with Crippen LogP contribution < -0.4 is 10.9 Å². The van der Waals surface area contributed by atoms with Gasteiger partial charge in [0.25, 0.3) is 11.5 Å². The monoisotopic (exact) mass is 456 g/mol. The van der Waals surface area contributed by atoms with Crippen LogP contribution >= 0.6 is 11.6 Å². The fourth-order valence-electron chi connectivity index (χ4n) is 3.15. The lowest BCUT2D eigenvalue weighted by Gasteiger charge is -2.15. The van der Waals surface area contributed by atoms with Crippen molar-refractivity contribution in [1.29, 1.82) is 0 Å². The first-order valence-electron chi connectivity index (χ1n) is 9.12. The van der Waals surface area contributed by atoms with E-state index < -0.39 is 35.1 Å². The van der Waals surface area contributed by atoms with Crippen molar-refractivity contribution in [1.82, 2.24) is 9.88 Å². The van der Waals surface area contributed by atoms with Gasteiger partial charge in [-0.2, -0.15) is 13.2 Å². The fourth-order valence-corrected chi connectivity index (χ4v) is 3.40. The molecule has 164 valence electrons. The van der Waals surface area contributed by atoms with Gasteiger partial charge < -0.3 is 15.0 Å². The number of hydrogen-bond donors (Lipinski definition) is 2. The van der Waals surface area contributed by atoms with Crippen LogP contribution in [0.2, 0.25) is 5.02 Å². The second kappa shape index (κ2) is 8.68. The van der Waals surface area contributed by atoms with Crippen LogP contribution in [-0.2, 0) is 12.7 Å². The average molecular weight is 457 g/mol. The van der Waals surface area contributed by atoms with E-state index in [-0.39, 0.29) is 40.1 Å². The number of nitrogens with one attached hydrogen (secondary N) is 1. The summed E-state index contributed by atoms with van der Waals surface area (Å²) < 4.78 is 53.1. The van der Waals surface area contributed by atoms with Crippen molar-refractivity contribution in [3.8, 4) is 0 Å². The Kier molecular flexibility index (Phi) is 6.38. The molecule has 0 bridgehead atoms. The third-order valence-electron chi connectivity index (χ3n) is 4.82. The molecule has 0 saturated carbocycles. The number of nitrogens with zero attached hydrogens (tertiary/aromatic N) is 1. The van der Waals surface area contributed by atoms with Gasteiger partial charge in [-0.3, -0.25) is 9.59 Å². The van der Waals surface area contributed by atoms with Gasteiger partial charge in [0.2, 0.25) is 0 Å². The first-order valence-corrected chi connectivity index (χ1v) is 9.50. The van der Waals surface area contributed by atoms with Gasteiger partial charge in [0.15, 0.2) is 0 Å². The van der Waals surface area contributed by atoms with Gasteiger partial charge in [0, 0.05) is 23.5 Å². The van der Waals surface area contributed by atoms with Gasteiger partial charge in [0.05, 0.1) is 28.8 Å². The van der Waals surface area contributed by atoms with Gasteiger partial charge in [-0.05, 0) is 42.8 Å². The van der Waals surface area contributed by atoms with Crippen molar-refractivity contribution in [2.24, 2.45) is 0 Å². The molecule has 0 aliphatic rings. The van der Waals surface area contributed by atoms with Crippen LogP contribution in [0.1, 0.15) is 34.5 Å². The minimum Gasteiger partial charge on any atom is -0.394 e. The first kappa shape index (κ1) is 22.8. The smallest absolute Gasteiger partial charge is 0.394 e. The number of hydrogen-bond acceptors (Lipinski definition) is 3. The molecule has 3 rings (SSSR count). The summed E-state index contributed by atoms with van der Waals surface area (Å²) in [6.45, 7) is 1.15.